The Balaban J connectivity index is 0.000000358. The Labute approximate surface area is 297 Å². The molecule has 0 saturated carbocycles. The van der Waals surface area contributed by atoms with Crippen LogP contribution in [0.5, 0.6) is 0 Å². The van der Waals surface area contributed by atoms with Crippen LogP contribution in [0.2, 0.25) is 15.1 Å². The summed E-state index contributed by atoms with van der Waals surface area (Å²) in [5.41, 5.74) is 8.47. The molecule has 0 fully saturated rings. The molecule has 0 radical (unpaired) electrons. The summed E-state index contributed by atoms with van der Waals surface area (Å²) in [4.78, 5) is 7.62. The maximum absolute atomic E-state index is 12.2. The smallest absolute Gasteiger partial charge is 0.570 e. The Hall–Kier alpha value is -2.62. The van der Waals surface area contributed by atoms with Crippen molar-refractivity contribution in [1.82, 2.24) is 9.97 Å². The fourth-order valence-corrected chi connectivity index (χ4v) is 5.31. The van der Waals surface area contributed by atoms with Gasteiger partial charge in [0.2, 0.25) is 0 Å². The number of sulfonamides is 1. The Morgan fingerprint density at radius 1 is 0.750 bits per heavy atom. The van der Waals surface area contributed by atoms with Crippen LogP contribution in [0.15, 0.2) is 70.7 Å². The standard InChI is InChI=1S/C13H8Cl2N3O2S.C7H6Cl2O2S.C7H7N3.Na/c1-8-4-12(13(6-16)17-7-8)18-21(19,20)9-2-3-10(14)11(15)5-9;1-5-4-6(12(9,10)11)2-3-7(5)8;1-5-2-6(9)7(3-8)10-4-5;/h2-5,7H,1H3;2-4H,1H3;2,4H,9H2,1H3;/q-1;;;+1. The second-order valence-electron chi connectivity index (χ2n) is 8.55. The number of rotatable bonds is 4. The van der Waals surface area contributed by atoms with Crippen LogP contribution in [0.1, 0.15) is 28.1 Å². The molecule has 2 N–H and O–H groups in total. The van der Waals surface area contributed by atoms with E-state index in [-0.39, 0.29) is 60.8 Å². The molecule has 0 unspecified atom stereocenters. The number of nitrogens with two attached hydrogens (primary N) is 1. The van der Waals surface area contributed by atoms with Gasteiger partial charge in [0.25, 0.3) is 9.05 Å². The molecule has 2 aromatic heterocycles. The second-order valence-corrected chi connectivity index (χ2v) is 13.9. The van der Waals surface area contributed by atoms with Crippen molar-refractivity contribution in [2.75, 3.05) is 5.73 Å². The Morgan fingerprint density at radius 3 is 1.77 bits per heavy atom. The van der Waals surface area contributed by atoms with E-state index in [1.54, 1.807) is 32.2 Å². The fourth-order valence-electron chi connectivity index (χ4n) is 2.98. The van der Waals surface area contributed by atoms with Gasteiger partial charge in [-0.15, -0.1) is 0 Å². The van der Waals surface area contributed by atoms with Crippen molar-refractivity contribution in [2.45, 2.75) is 30.6 Å². The van der Waals surface area contributed by atoms with Crippen molar-refractivity contribution in [3.05, 3.63) is 109 Å². The van der Waals surface area contributed by atoms with Crippen molar-refractivity contribution in [3.63, 3.8) is 0 Å². The first-order valence-corrected chi connectivity index (χ1v) is 16.5. The van der Waals surface area contributed by atoms with Gasteiger partial charge in [0.15, 0.2) is 5.69 Å². The molecule has 17 heteroatoms. The fraction of sp³-hybridized carbons (Fsp3) is 0.111. The molecule has 0 amide bonds. The zero-order chi connectivity index (χ0) is 32.5. The second kappa shape index (κ2) is 17.2. The number of halogens is 4. The van der Waals surface area contributed by atoms with E-state index in [2.05, 4.69) is 14.7 Å². The van der Waals surface area contributed by atoms with E-state index >= 15 is 0 Å². The number of hydrogen-bond acceptors (Lipinski definition) is 9. The molecule has 2 aromatic carbocycles. The number of nitrogens with zero attached hydrogens (tertiary/aromatic N) is 5. The minimum Gasteiger partial charge on any atom is -0.570 e. The molecule has 4 rings (SSSR count). The normalized spacial score (nSPS) is 10.4. The third-order valence-electron chi connectivity index (χ3n) is 5.09. The maximum Gasteiger partial charge on any atom is 1.00 e. The summed E-state index contributed by atoms with van der Waals surface area (Å²) in [6, 6.07) is 15.1. The zero-order valence-electron chi connectivity index (χ0n) is 23.5. The predicted molar refractivity (Wildman–Crippen MR) is 168 cm³/mol. The average molecular weight is 722 g/mol. The number of nitriles is 2. The number of anilines is 1. The van der Waals surface area contributed by atoms with Crippen LogP contribution in [0.25, 0.3) is 4.72 Å². The van der Waals surface area contributed by atoms with Gasteiger partial charge < -0.3 is 10.5 Å². The number of pyridine rings is 2. The van der Waals surface area contributed by atoms with E-state index in [1.807, 2.05) is 13.0 Å². The van der Waals surface area contributed by atoms with E-state index in [0.717, 1.165) is 5.56 Å². The summed E-state index contributed by atoms with van der Waals surface area (Å²) < 4.78 is 49.8. The van der Waals surface area contributed by atoms with Crippen molar-refractivity contribution >= 4 is 75.9 Å². The molecule has 224 valence electrons. The van der Waals surface area contributed by atoms with Gasteiger partial charge >= 0.3 is 29.6 Å². The van der Waals surface area contributed by atoms with Crippen LogP contribution in [-0.2, 0) is 19.1 Å². The van der Waals surface area contributed by atoms with Gasteiger partial charge in [0.1, 0.15) is 27.9 Å². The van der Waals surface area contributed by atoms with Crippen LogP contribution >= 0.6 is 45.5 Å². The average Bonchev–Trinajstić information content (AvgIpc) is 2.92. The Kier molecular flexibility index (Phi) is 15.4. The van der Waals surface area contributed by atoms with Crippen LogP contribution in [0.3, 0.4) is 0 Å². The van der Waals surface area contributed by atoms with E-state index in [1.165, 1.54) is 48.7 Å². The summed E-state index contributed by atoms with van der Waals surface area (Å²) in [6.45, 7) is 5.32. The first kappa shape index (κ1) is 39.4. The van der Waals surface area contributed by atoms with Crippen molar-refractivity contribution in [2.24, 2.45) is 0 Å². The van der Waals surface area contributed by atoms with Gasteiger partial charge in [-0.05, 0) is 79.9 Å². The van der Waals surface area contributed by atoms with Crippen LogP contribution in [-0.4, -0.2) is 26.8 Å². The molecule has 0 spiro atoms. The first-order chi connectivity index (χ1) is 20.0. The molecular formula is C27H21Cl4N6NaO4S2. The van der Waals surface area contributed by atoms with Crippen LogP contribution in [0, 0.1) is 43.4 Å². The van der Waals surface area contributed by atoms with Crippen LogP contribution < -0.4 is 35.3 Å². The maximum atomic E-state index is 12.2. The zero-order valence-corrected chi connectivity index (χ0v) is 30.2. The summed E-state index contributed by atoms with van der Waals surface area (Å²) in [7, 11) is -2.53. The number of benzene rings is 2. The molecule has 4 aromatic rings. The SMILES string of the molecule is Cc1cc(S(=O)(=O)Cl)ccc1Cl.Cc1cnc(C#N)c(N)c1.Cc1cnc(C#N)c([N-]S(=O)(=O)c2ccc(Cl)c(Cl)c2)c1.[Na+]. The van der Waals surface area contributed by atoms with E-state index < -0.39 is 19.1 Å². The van der Waals surface area contributed by atoms with E-state index in [9.17, 15) is 16.8 Å². The van der Waals surface area contributed by atoms with Crippen molar-refractivity contribution < 1.29 is 46.4 Å². The van der Waals surface area contributed by atoms with E-state index in [4.69, 9.17) is 61.7 Å². The quantitative estimate of drug-likeness (QED) is 0.236. The molecule has 2 heterocycles. The summed E-state index contributed by atoms with van der Waals surface area (Å²) in [5.74, 6) is 0. The molecule has 0 aliphatic carbocycles. The Bertz CT molecular complexity index is 1970. The third-order valence-corrected chi connectivity index (χ3v) is 8.89. The summed E-state index contributed by atoms with van der Waals surface area (Å²) in [6.07, 6.45) is 3.08. The largest absolute Gasteiger partial charge is 1.00 e. The topological polar surface area (TPSA) is 182 Å². The van der Waals surface area contributed by atoms with Gasteiger partial charge in [-0.25, -0.2) is 26.8 Å². The molecule has 44 heavy (non-hydrogen) atoms. The van der Waals surface area contributed by atoms with Gasteiger partial charge in [0, 0.05) is 28.1 Å². The molecule has 0 aliphatic heterocycles. The number of aromatic nitrogens is 2. The summed E-state index contributed by atoms with van der Waals surface area (Å²) in [5, 5.41) is 18.2. The molecule has 10 nitrogen and oxygen atoms in total. The van der Waals surface area contributed by atoms with Crippen molar-refractivity contribution in [3.8, 4) is 12.1 Å². The summed E-state index contributed by atoms with van der Waals surface area (Å²) >= 11 is 17.2. The molecule has 0 aliphatic rings. The predicted octanol–water partition coefficient (Wildman–Crippen LogP) is 4.39. The number of aryl methyl sites for hydroxylation is 3. The van der Waals surface area contributed by atoms with E-state index in [0.29, 0.717) is 27.5 Å². The Morgan fingerprint density at radius 2 is 1.27 bits per heavy atom. The number of hydrogen-bond donors (Lipinski definition) is 1. The molecule has 0 bridgehead atoms. The van der Waals surface area contributed by atoms with Gasteiger partial charge in [0.05, 0.1) is 25.5 Å². The minimum atomic E-state index is -4.01. The molecule has 0 atom stereocenters. The van der Waals surface area contributed by atoms with Crippen molar-refractivity contribution in [1.29, 1.82) is 10.5 Å². The van der Waals surface area contributed by atoms with Crippen LogP contribution in [0.4, 0.5) is 11.4 Å². The minimum absolute atomic E-state index is 0. The molecular weight excluding hydrogens is 701 g/mol. The van der Waals surface area contributed by atoms with Gasteiger partial charge in [-0.2, -0.15) is 10.5 Å². The monoisotopic (exact) mass is 720 g/mol. The third kappa shape index (κ3) is 11.7. The molecule has 0 saturated heterocycles. The van der Waals surface area contributed by atoms with Gasteiger partial charge in [-0.3, -0.25) is 0 Å². The van der Waals surface area contributed by atoms with Gasteiger partial charge in [-0.1, -0.05) is 46.6 Å². The number of nitrogen functional groups attached to an aromatic ring is 1. The first-order valence-electron chi connectivity index (χ1n) is 11.6.